The van der Waals surface area contributed by atoms with E-state index in [-0.39, 0.29) is 41.6 Å². The molecule has 3 heterocycles. The summed E-state index contributed by atoms with van der Waals surface area (Å²) in [5, 5.41) is 2.74. The van der Waals surface area contributed by atoms with Crippen LogP contribution in [-0.4, -0.2) is 53.9 Å². The number of thioether (sulfide) groups is 1. The Hall–Kier alpha value is -1.70. The van der Waals surface area contributed by atoms with Gasteiger partial charge in [-0.15, -0.1) is 11.8 Å². The summed E-state index contributed by atoms with van der Waals surface area (Å²) in [6, 6.07) is 0. The van der Waals surface area contributed by atoms with Crippen LogP contribution in [-0.2, 0) is 23.8 Å². The van der Waals surface area contributed by atoms with Crippen LogP contribution in [0.2, 0.25) is 0 Å². The van der Waals surface area contributed by atoms with E-state index in [0.29, 0.717) is 6.42 Å². The van der Waals surface area contributed by atoms with Crippen molar-refractivity contribution in [2.45, 2.75) is 29.1 Å². The number of amides is 1. The molecule has 0 aromatic heterocycles. The van der Waals surface area contributed by atoms with Crippen molar-refractivity contribution in [2.24, 2.45) is 5.92 Å². The maximum absolute atomic E-state index is 11.7. The summed E-state index contributed by atoms with van der Waals surface area (Å²) in [7, 11) is 0. The van der Waals surface area contributed by atoms with Crippen LogP contribution in [0.4, 0.5) is 4.79 Å². The monoisotopic (exact) mass is 313 g/mol. The third-order valence-electron chi connectivity index (χ3n) is 3.81. The first-order valence-electron chi connectivity index (χ1n) is 6.70. The van der Waals surface area contributed by atoms with Gasteiger partial charge < -0.3 is 19.5 Å². The van der Waals surface area contributed by atoms with E-state index in [4.69, 9.17) is 14.2 Å². The molecule has 0 aliphatic carbocycles. The lowest BCUT2D eigenvalue weighted by atomic mass is 9.88. The van der Waals surface area contributed by atoms with Crippen molar-refractivity contribution < 1.29 is 28.6 Å². The maximum atomic E-state index is 11.7. The second kappa shape index (κ2) is 5.59. The highest BCUT2D eigenvalue weighted by atomic mass is 32.2. The van der Waals surface area contributed by atoms with Gasteiger partial charge in [-0.25, -0.2) is 9.59 Å². The molecule has 1 N–H and O–H groups in total. The number of rotatable bonds is 5. The number of carbonyl (C=O) groups is 3. The molecule has 0 radical (unpaired) electrons. The Morgan fingerprint density at radius 1 is 1.52 bits per heavy atom. The van der Waals surface area contributed by atoms with Gasteiger partial charge in [-0.1, -0.05) is 6.58 Å². The fourth-order valence-electron chi connectivity index (χ4n) is 2.91. The van der Waals surface area contributed by atoms with Crippen LogP contribution < -0.4 is 5.32 Å². The number of ether oxygens (including phenoxy) is 3. The Bertz CT molecular complexity index is 495. The van der Waals surface area contributed by atoms with E-state index in [1.54, 1.807) is 11.8 Å². The lowest BCUT2D eigenvalue weighted by molar-refractivity contribution is -0.145. The first-order valence-corrected chi connectivity index (χ1v) is 7.64. The fraction of sp³-hybridized carbons (Fsp3) is 0.615. The molecule has 3 rings (SSSR count). The average molecular weight is 313 g/mol. The summed E-state index contributed by atoms with van der Waals surface area (Å²) < 4.78 is 15.4. The van der Waals surface area contributed by atoms with E-state index in [1.807, 2.05) is 0 Å². The summed E-state index contributed by atoms with van der Waals surface area (Å²) >= 11 is 1.67. The molecule has 7 nitrogen and oxygen atoms in total. The molecule has 21 heavy (non-hydrogen) atoms. The predicted octanol–water partition coefficient (Wildman–Crippen LogP) is 0.240. The molecule has 0 saturated carbocycles. The second-order valence-electron chi connectivity index (χ2n) is 5.05. The summed E-state index contributed by atoms with van der Waals surface area (Å²) in [4.78, 5) is 34.1. The Balaban J connectivity index is 1.43. The third-order valence-corrected chi connectivity index (χ3v) is 5.53. The molecule has 1 amide bonds. The van der Waals surface area contributed by atoms with Gasteiger partial charge in [0, 0.05) is 11.3 Å². The Kier molecular flexibility index (Phi) is 3.79. The highest BCUT2D eigenvalue weighted by Crippen LogP contribution is 2.55. The lowest BCUT2D eigenvalue weighted by Gasteiger charge is -2.23. The molecule has 3 fully saturated rings. The van der Waals surface area contributed by atoms with Gasteiger partial charge in [0.05, 0.1) is 17.7 Å². The van der Waals surface area contributed by atoms with Crippen LogP contribution in [0.5, 0.6) is 0 Å². The zero-order valence-electron chi connectivity index (χ0n) is 11.2. The highest BCUT2D eigenvalue weighted by molar-refractivity contribution is 8.01. The van der Waals surface area contributed by atoms with Crippen LogP contribution in [0.3, 0.4) is 0 Å². The summed E-state index contributed by atoms with van der Waals surface area (Å²) in [5.41, 5.74) is 0. The van der Waals surface area contributed by atoms with E-state index < -0.39 is 18.2 Å². The van der Waals surface area contributed by atoms with Crippen molar-refractivity contribution in [3.63, 3.8) is 0 Å². The molecule has 2 bridgehead atoms. The van der Waals surface area contributed by atoms with Crippen molar-refractivity contribution in [3.05, 3.63) is 12.7 Å². The van der Waals surface area contributed by atoms with Gasteiger partial charge in [-0.3, -0.25) is 4.79 Å². The van der Waals surface area contributed by atoms with Crippen molar-refractivity contribution >= 4 is 29.8 Å². The van der Waals surface area contributed by atoms with Crippen LogP contribution in [0.15, 0.2) is 12.7 Å². The number of fused-ring (bicyclic) bond motifs is 1. The Labute approximate surface area is 125 Å². The number of carbonyl (C=O) groups excluding carboxylic acids is 3. The molecule has 0 aromatic carbocycles. The molecule has 5 unspecified atom stereocenters. The van der Waals surface area contributed by atoms with Crippen molar-refractivity contribution in [3.8, 4) is 0 Å². The molecule has 3 aliphatic heterocycles. The number of alkyl carbamates (subject to hydrolysis) is 1. The van der Waals surface area contributed by atoms with E-state index in [9.17, 15) is 14.4 Å². The molecule has 3 saturated heterocycles. The third kappa shape index (κ3) is 2.59. The van der Waals surface area contributed by atoms with E-state index in [2.05, 4.69) is 11.9 Å². The van der Waals surface area contributed by atoms with Gasteiger partial charge in [0.1, 0.15) is 6.61 Å². The van der Waals surface area contributed by atoms with Crippen molar-refractivity contribution in [2.75, 3.05) is 13.2 Å². The normalized spacial score (nSPS) is 35.2. The van der Waals surface area contributed by atoms with Crippen LogP contribution in [0, 0.1) is 5.92 Å². The minimum absolute atomic E-state index is 0.0359. The largest absolute Gasteiger partial charge is 0.461 e. The molecule has 114 valence electrons. The first-order chi connectivity index (χ1) is 10.1. The van der Waals surface area contributed by atoms with Crippen molar-refractivity contribution in [1.29, 1.82) is 0 Å². The predicted molar refractivity (Wildman–Crippen MR) is 72.6 cm³/mol. The van der Waals surface area contributed by atoms with Gasteiger partial charge >= 0.3 is 18.0 Å². The molecule has 0 aromatic rings. The van der Waals surface area contributed by atoms with E-state index in [0.717, 1.165) is 6.08 Å². The van der Waals surface area contributed by atoms with Gasteiger partial charge in [-0.05, 0) is 6.42 Å². The van der Waals surface area contributed by atoms with E-state index in [1.165, 1.54) is 0 Å². The quantitative estimate of drug-likeness (QED) is 0.336. The summed E-state index contributed by atoms with van der Waals surface area (Å²) in [6.07, 6.45) is 0.450. The standard InChI is InChI=1S/C13H15NO6S/c1-2-8(15)18-4-3-14-13(17)20-9-7-5-6-11(21-7)10(9)19-12(6)16/h2,6-7,9-11H,1,3-5H2,(H,14,17). The molecular weight excluding hydrogens is 298 g/mol. The summed E-state index contributed by atoms with van der Waals surface area (Å²) in [6.45, 7) is 3.46. The van der Waals surface area contributed by atoms with Crippen LogP contribution >= 0.6 is 11.8 Å². The van der Waals surface area contributed by atoms with Gasteiger partial charge in [0.2, 0.25) is 0 Å². The van der Waals surface area contributed by atoms with Crippen molar-refractivity contribution in [1.82, 2.24) is 5.32 Å². The number of hydrogen-bond donors (Lipinski definition) is 1. The lowest BCUT2D eigenvalue weighted by Crippen LogP contribution is -2.42. The molecule has 0 spiro atoms. The minimum Gasteiger partial charge on any atom is -0.461 e. The van der Waals surface area contributed by atoms with E-state index >= 15 is 0 Å². The van der Waals surface area contributed by atoms with Crippen LogP contribution in [0.1, 0.15) is 6.42 Å². The SMILES string of the molecule is C=CC(=O)OCCNC(=O)OC1C2CC3C(=O)OC1C3S2. The fourth-order valence-corrected chi connectivity index (χ4v) is 4.78. The topological polar surface area (TPSA) is 90.9 Å². The van der Waals surface area contributed by atoms with Crippen LogP contribution in [0.25, 0.3) is 0 Å². The average Bonchev–Trinajstić information content (AvgIpc) is 3.08. The summed E-state index contributed by atoms with van der Waals surface area (Å²) in [5.74, 6) is -0.757. The zero-order valence-corrected chi connectivity index (χ0v) is 12.0. The first kappa shape index (κ1) is 14.2. The van der Waals surface area contributed by atoms with Gasteiger partial charge in [0.25, 0.3) is 0 Å². The Morgan fingerprint density at radius 3 is 3.10 bits per heavy atom. The number of esters is 2. The second-order valence-corrected chi connectivity index (χ2v) is 6.47. The molecule has 8 heteroatoms. The zero-order chi connectivity index (χ0) is 15.0. The molecule has 3 aliphatic rings. The molecule has 5 atom stereocenters. The number of nitrogens with one attached hydrogen (secondary N) is 1. The highest BCUT2D eigenvalue weighted by Gasteiger charge is 2.64. The van der Waals surface area contributed by atoms with Gasteiger partial charge in [-0.2, -0.15) is 0 Å². The smallest absolute Gasteiger partial charge is 0.407 e. The molecular formula is C13H15NO6S. The maximum Gasteiger partial charge on any atom is 0.407 e. The minimum atomic E-state index is -0.595. The Morgan fingerprint density at radius 2 is 2.33 bits per heavy atom. The van der Waals surface area contributed by atoms with Gasteiger partial charge in [0.15, 0.2) is 12.2 Å². The number of hydrogen-bond acceptors (Lipinski definition) is 7.